The van der Waals surface area contributed by atoms with Gasteiger partial charge in [-0.1, -0.05) is 48.0 Å². The molecule has 1 fully saturated rings. The minimum Gasteiger partial charge on any atom is -0.325 e. The first kappa shape index (κ1) is 21.5. The first-order valence-electron chi connectivity index (χ1n) is 10.5. The number of anilines is 1. The van der Waals surface area contributed by atoms with E-state index in [-0.39, 0.29) is 11.9 Å². The maximum atomic E-state index is 12.9. The molecule has 1 atom stereocenters. The smallest absolute Gasteiger partial charge is 0.243 e. The number of amides is 1. The highest BCUT2D eigenvalue weighted by molar-refractivity contribution is 7.89. The number of rotatable bonds is 5. The molecule has 31 heavy (non-hydrogen) atoms. The summed E-state index contributed by atoms with van der Waals surface area (Å²) in [5, 5.41) is 5.19. The molecule has 1 aliphatic rings. The molecule has 1 N–H and O–H groups in total. The Bertz CT molecular complexity index is 1180. The van der Waals surface area contributed by atoms with Crippen LogP contribution in [0.25, 0.3) is 10.8 Å². The highest BCUT2D eigenvalue weighted by Gasteiger charge is 2.31. The third-order valence-corrected chi connectivity index (χ3v) is 7.79. The number of hydrogen-bond donors (Lipinski definition) is 1. The third-order valence-electron chi connectivity index (χ3n) is 5.88. The molecule has 1 aliphatic heterocycles. The summed E-state index contributed by atoms with van der Waals surface area (Å²) in [5.74, 6) is -0.0925. The van der Waals surface area contributed by atoms with Crippen molar-refractivity contribution in [3.63, 3.8) is 0 Å². The Morgan fingerprint density at radius 2 is 1.55 bits per heavy atom. The molecule has 0 bridgehead atoms. The second-order valence-corrected chi connectivity index (χ2v) is 9.92. The molecular formula is C24H27N3O3S. The van der Waals surface area contributed by atoms with Gasteiger partial charge in [0, 0.05) is 31.9 Å². The average molecular weight is 438 g/mol. The van der Waals surface area contributed by atoms with E-state index in [1.165, 1.54) is 4.31 Å². The second kappa shape index (κ2) is 8.78. The summed E-state index contributed by atoms with van der Waals surface area (Å²) in [6.45, 7) is 5.54. The van der Waals surface area contributed by atoms with Crippen LogP contribution in [0, 0.1) is 6.92 Å². The van der Waals surface area contributed by atoms with Crippen LogP contribution in [0.5, 0.6) is 0 Å². The zero-order valence-corrected chi connectivity index (χ0v) is 18.6. The fourth-order valence-electron chi connectivity index (χ4n) is 3.87. The van der Waals surface area contributed by atoms with E-state index in [4.69, 9.17) is 0 Å². The lowest BCUT2D eigenvalue weighted by molar-refractivity contribution is -0.121. The molecule has 0 unspecified atom stereocenters. The number of sulfonamides is 1. The molecule has 0 radical (unpaired) electrons. The Morgan fingerprint density at radius 3 is 2.23 bits per heavy atom. The summed E-state index contributed by atoms with van der Waals surface area (Å²) in [5.41, 5.74) is 1.78. The fraction of sp³-hybridized carbons (Fsp3) is 0.292. The van der Waals surface area contributed by atoms with Gasteiger partial charge in [0.05, 0.1) is 10.9 Å². The predicted octanol–water partition coefficient (Wildman–Crippen LogP) is 3.48. The van der Waals surface area contributed by atoms with E-state index in [0.717, 1.165) is 22.0 Å². The van der Waals surface area contributed by atoms with Crippen molar-refractivity contribution in [2.45, 2.75) is 24.8 Å². The van der Waals surface area contributed by atoms with Crippen molar-refractivity contribution in [2.75, 3.05) is 31.5 Å². The van der Waals surface area contributed by atoms with E-state index in [1.807, 2.05) is 73.3 Å². The molecule has 3 aromatic carbocycles. The van der Waals surface area contributed by atoms with Crippen LogP contribution in [0.15, 0.2) is 71.6 Å². The number of fused-ring (bicyclic) bond motifs is 1. The van der Waals surface area contributed by atoms with Gasteiger partial charge in [0.1, 0.15) is 0 Å². The lowest BCUT2D eigenvalue weighted by Crippen LogP contribution is -2.53. The van der Waals surface area contributed by atoms with E-state index >= 15 is 0 Å². The molecule has 0 spiro atoms. The summed E-state index contributed by atoms with van der Waals surface area (Å²) >= 11 is 0. The maximum Gasteiger partial charge on any atom is 0.243 e. The van der Waals surface area contributed by atoms with Crippen LogP contribution in [0.2, 0.25) is 0 Å². The standard InChI is InChI=1S/C24H27N3O3S/c1-18-7-11-23(12-8-18)31(29,30)27-15-13-26(14-16-27)19(2)24(28)25-22-10-9-20-5-3-4-6-21(20)17-22/h3-12,17,19H,13-16H2,1-2H3,(H,25,28)/t19-/m1/s1. The van der Waals surface area contributed by atoms with Crippen molar-refractivity contribution in [3.05, 3.63) is 72.3 Å². The van der Waals surface area contributed by atoms with Crippen LogP contribution in [-0.4, -0.2) is 55.8 Å². The molecular weight excluding hydrogens is 410 g/mol. The van der Waals surface area contributed by atoms with E-state index < -0.39 is 10.0 Å². The van der Waals surface area contributed by atoms with Gasteiger partial charge in [-0.3, -0.25) is 9.69 Å². The molecule has 0 aliphatic carbocycles. The second-order valence-electron chi connectivity index (χ2n) is 7.98. The number of aryl methyl sites for hydroxylation is 1. The Labute approximate surface area is 183 Å². The summed E-state index contributed by atoms with van der Waals surface area (Å²) in [4.78, 5) is 15.1. The predicted molar refractivity (Wildman–Crippen MR) is 124 cm³/mol. The van der Waals surface area contributed by atoms with Gasteiger partial charge in [0.15, 0.2) is 0 Å². The number of hydrogen-bond acceptors (Lipinski definition) is 4. The molecule has 6 nitrogen and oxygen atoms in total. The lowest BCUT2D eigenvalue weighted by atomic mass is 10.1. The number of nitrogens with zero attached hydrogens (tertiary/aromatic N) is 2. The van der Waals surface area contributed by atoms with Crippen LogP contribution in [0.4, 0.5) is 5.69 Å². The van der Waals surface area contributed by atoms with Crippen molar-refractivity contribution >= 4 is 32.4 Å². The van der Waals surface area contributed by atoms with E-state index in [2.05, 4.69) is 5.32 Å². The van der Waals surface area contributed by atoms with Crippen LogP contribution in [-0.2, 0) is 14.8 Å². The molecule has 0 aromatic heterocycles. The number of carbonyl (C=O) groups is 1. The minimum absolute atomic E-state index is 0.0925. The first-order chi connectivity index (χ1) is 14.8. The number of benzene rings is 3. The molecule has 1 amide bonds. The van der Waals surface area contributed by atoms with E-state index in [9.17, 15) is 13.2 Å². The van der Waals surface area contributed by atoms with Crippen LogP contribution in [0.3, 0.4) is 0 Å². The van der Waals surface area contributed by atoms with Gasteiger partial charge in [0.2, 0.25) is 15.9 Å². The van der Waals surface area contributed by atoms with Gasteiger partial charge in [-0.15, -0.1) is 0 Å². The van der Waals surface area contributed by atoms with Crippen molar-refractivity contribution in [3.8, 4) is 0 Å². The molecule has 7 heteroatoms. The largest absolute Gasteiger partial charge is 0.325 e. The van der Waals surface area contributed by atoms with E-state index in [1.54, 1.807) is 12.1 Å². The zero-order valence-electron chi connectivity index (χ0n) is 17.8. The van der Waals surface area contributed by atoms with Crippen molar-refractivity contribution < 1.29 is 13.2 Å². The average Bonchev–Trinajstić information content (AvgIpc) is 2.79. The van der Waals surface area contributed by atoms with Crippen LogP contribution in [0.1, 0.15) is 12.5 Å². The van der Waals surface area contributed by atoms with Gasteiger partial charge in [-0.05, 0) is 48.9 Å². The molecule has 1 saturated heterocycles. The Hall–Kier alpha value is -2.74. The van der Waals surface area contributed by atoms with Gasteiger partial charge < -0.3 is 5.32 Å². The quantitative estimate of drug-likeness (QED) is 0.664. The maximum absolute atomic E-state index is 12.9. The van der Waals surface area contributed by atoms with Crippen molar-refractivity contribution in [1.29, 1.82) is 0 Å². The van der Waals surface area contributed by atoms with Gasteiger partial charge in [-0.2, -0.15) is 4.31 Å². The first-order valence-corrected chi connectivity index (χ1v) is 11.9. The summed E-state index contributed by atoms with van der Waals surface area (Å²) in [6.07, 6.45) is 0. The lowest BCUT2D eigenvalue weighted by Gasteiger charge is -2.36. The topological polar surface area (TPSA) is 69.7 Å². The minimum atomic E-state index is -3.51. The molecule has 3 aromatic rings. The molecule has 1 heterocycles. The summed E-state index contributed by atoms with van der Waals surface area (Å²) in [6, 6.07) is 20.4. The SMILES string of the molecule is Cc1ccc(S(=O)(=O)N2CCN([C@H](C)C(=O)Nc3ccc4ccccc4c3)CC2)cc1. The molecule has 162 valence electrons. The number of nitrogens with one attached hydrogen (secondary N) is 1. The molecule has 4 rings (SSSR count). The van der Waals surface area contributed by atoms with Crippen molar-refractivity contribution in [1.82, 2.24) is 9.21 Å². The highest BCUT2D eigenvalue weighted by Crippen LogP contribution is 2.21. The highest BCUT2D eigenvalue weighted by atomic mass is 32.2. The van der Waals surface area contributed by atoms with Gasteiger partial charge in [-0.25, -0.2) is 8.42 Å². The monoisotopic (exact) mass is 437 g/mol. The Morgan fingerprint density at radius 1 is 0.903 bits per heavy atom. The Kier molecular flexibility index (Phi) is 6.09. The Balaban J connectivity index is 1.37. The van der Waals surface area contributed by atoms with Crippen molar-refractivity contribution in [2.24, 2.45) is 0 Å². The normalized spacial score (nSPS) is 16.8. The van der Waals surface area contributed by atoms with Crippen LogP contribution < -0.4 is 5.32 Å². The van der Waals surface area contributed by atoms with Crippen LogP contribution >= 0.6 is 0 Å². The summed E-state index contributed by atoms with van der Waals surface area (Å²) in [7, 11) is -3.51. The third kappa shape index (κ3) is 4.63. The fourth-order valence-corrected chi connectivity index (χ4v) is 5.29. The van der Waals surface area contributed by atoms with E-state index in [0.29, 0.717) is 31.1 Å². The van der Waals surface area contributed by atoms with Gasteiger partial charge >= 0.3 is 0 Å². The zero-order chi connectivity index (χ0) is 22.0. The molecule has 0 saturated carbocycles. The summed E-state index contributed by atoms with van der Waals surface area (Å²) < 4.78 is 27.3. The van der Waals surface area contributed by atoms with Gasteiger partial charge in [0.25, 0.3) is 0 Å². The number of carbonyl (C=O) groups excluding carboxylic acids is 1. The number of piperazine rings is 1.